The number of benzene rings is 1. The van der Waals surface area contributed by atoms with Gasteiger partial charge in [-0.25, -0.2) is 4.98 Å². The van der Waals surface area contributed by atoms with Crippen LogP contribution in [0.2, 0.25) is 0 Å². The summed E-state index contributed by atoms with van der Waals surface area (Å²) in [6, 6.07) is 15.6. The number of primary amides is 1. The van der Waals surface area contributed by atoms with Crippen LogP contribution in [-0.2, 0) is 0 Å². The maximum atomic E-state index is 11.7. The molecule has 0 radical (unpaired) electrons. The van der Waals surface area contributed by atoms with Crippen molar-refractivity contribution in [2.24, 2.45) is 5.73 Å². The van der Waals surface area contributed by atoms with Crippen LogP contribution in [0, 0.1) is 6.92 Å². The van der Waals surface area contributed by atoms with Crippen molar-refractivity contribution in [2.75, 3.05) is 7.11 Å². The van der Waals surface area contributed by atoms with Crippen molar-refractivity contribution in [3.63, 3.8) is 0 Å². The average Bonchev–Trinajstić information content (AvgIpc) is 3.11. The highest BCUT2D eigenvalue weighted by atomic mass is 16.5. The molecule has 4 rings (SSSR count). The molecule has 6 heteroatoms. The highest BCUT2D eigenvalue weighted by Gasteiger charge is 2.14. The number of carbonyl (C=O) groups is 1. The molecule has 0 atom stereocenters. The molecule has 6 nitrogen and oxygen atoms in total. The molecule has 0 spiro atoms. The zero-order chi connectivity index (χ0) is 19.0. The van der Waals surface area contributed by atoms with Crippen molar-refractivity contribution in [3.8, 4) is 28.1 Å². The number of amides is 1. The Morgan fingerprint density at radius 2 is 1.96 bits per heavy atom. The lowest BCUT2D eigenvalue weighted by molar-refractivity contribution is 0.0995. The number of hydrogen-bond acceptors (Lipinski definition) is 4. The number of aromatic nitrogens is 3. The fourth-order valence-corrected chi connectivity index (χ4v) is 3.13. The lowest BCUT2D eigenvalue weighted by atomic mass is 9.98. The first-order valence-corrected chi connectivity index (χ1v) is 8.46. The Morgan fingerprint density at radius 1 is 1.11 bits per heavy atom. The van der Waals surface area contributed by atoms with E-state index < -0.39 is 5.91 Å². The molecule has 0 bridgehead atoms. The molecule has 2 N–H and O–H groups in total. The second-order valence-electron chi connectivity index (χ2n) is 6.23. The van der Waals surface area contributed by atoms with Gasteiger partial charge in [-0.1, -0.05) is 6.07 Å². The summed E-state index contributed by atoms with van der Waals surface area (Å²) in [4.78, 5) is 20.6. The molecule has 27 heavy (non-hydrogen) atoms. The van der Waals surface area contributed by atoms with Gasteiger partial charge in [0.2, 0.25) is 0 Å². The quantitative estimate of drug-likeness (QED) is 0.605. The summed E-state index contributed by atoms with van der Waals surface area (Å²) in [5.41, 5.74) is 11.1. The van der Waals surface area contributed by atoms with E-state index in [0.29, 0.717) is 11.3 Å². The van der Waals surface area contributed by atoms with Crippen LogP contribution >= 0.6 is 0 Å². The number of carbonyl (C=O) groups excluding carboxylic acids is 1. The van der Waals surface area contributed by atoms with Gasteiger partial charge < -0.3 is 10.5 Å². The highest BCUT2D eigenvalue weighted by Crippen LogP contribution is 2.34. The SMILES string of the molecule is COc1ccc(-c2cccc(C)n2)c(-c2ccc3ncc(C(N)=O)n3c2)c1. The summed E-state index contributed by atoms with van der Waals surface area (Å²) in [6.45, 7) is 1.96. The largest absolute Gasteiger partial charge is 0.497 e. The van der Waals surface area contributed by atoms with Crippen molar-refractivity contribution in [1.82, 2.24) is 14.4 Å². The number of aryl methyl sites for hydroxylation is 1. The van der Waals surface area contributed by atoms with Crippen LogP contribution in [-0.4, -0.2) is 27.4 Å². The summed E-state index contributed by atoms with van der Waals surface area (Å²) in [6.07, 6.45) is 3.34. The molecule has 0 aliphatic heterocycles. The van der Waals surface area contributed by atoms with E-state index in [9.17, 15) is 4.79 Å². The fraction of sp³-hybridized carbons (Fsp3) is 0.0952. The number of methoxy groups -OCH3 is 1. The average molecular weight is 358 g/mol. The maximum absolute atomic E-state index is 11.7. The Kier molecular flexibility index (Phi) is 4.08. The van der Waals surface area contributed by atoms with Gasteiger partial charge in [0, 0.05) is 17.5 Å². The van der Waals surface area contributed by atoms with Gasteiger partial charge in [-0.15, -0.1) is 0 Å². The number of hydrogen-bond donors (Lipinski definition) is 1. The second-order valence-corrected chi connectivity index (χ2v) is 6.23. The number of nitrogens with zero attached hydrogens (tertiary/aromatic N) is 3. The first kappa shape index (κ1) is 16.8. The van der Waals surface area contributed by atoms with Gasteiger partial charge in [-0.3, -0.25) is 14.2 Å². The van der Waals surface area contributed by atoms with E-state index in [2.05, 4.69) is 9.97 Å². The van der Waals surface area contributed by atoms with Gasteiger partial charge in [0.15, 0.2) is 0 Å². The Hall–Kier alpha value is -3.67. The van der Waals surface area contributed by atoms with Gasteiger partial charge in [-0.2, -0.15) is 0 Å². The first-order valence-electron chi connectivity index (χ1n) is 8.46. The van der Waals surface area contributed by atoms with Crippen LogP contribution in [0.5, 0.6) is 5.75 Å². The van der Waals surface area contributed by atoms with Gasteiger partial charge in [0.25, 0.3) is 5.91 Å². The van der Waals surface area contributed by atoms with Crippen LogP contribution in [0.4, 0.5) is 0 Å². The van der Waals surface area contributed by atoms with Crippen molar-refractivity contribution < 1.29 is 9.53 Å². The Balaban J connectivity index is 1.96. The van der Waals surface area contributed by atoms with Crippen LogP contribution in [0.25, 0.3) is 28.0 Å². The third-order valence-electron chi connectivity index (χ3n) is 4.46. The molecule has 0 saturated carbocycles. The van der Waals surface area contributed by atoms with E-state index in [1.165, 1.54) is 6.20 Å². The number of imidazole rings is 1. The molecule has 1 amide bonds. The van der Waals surface area contributed by atoms with Gasteiger partial charge in [-0.05, 0) is 60.5 Å². The van der Waals surface area contributed by atoms with Crippen LogP contribution in [0.1, 0.15) is 16.2 Å². The Bertz CT molecular complexity index is 1160. The molecule has 3 aromatic heterocycles. The minimum Gasteiger partial charge on any atom is -0.497 e. The van der Waals surface area contributed by atoms with E-state index >= 15 is 0 Å². The zero-order valence-corrected chi connectivity index (χ0v) is 15.0. The van der Waals surface area contributed by atoms with Crippen LogP contribution in [0.3, 0.4) is 0 Å². The number of pyridine rings is 2. The van der Waals surface area contributed by atoms with Gasteiger partial charge in [0.1, 0.15) is 17.1 Å². The lowest BCUT2D eigenvalue weighted by Gasteiger charge is -2.13. The Labute approximate surface area is 156 Å². The minimum atomic E-state index is -0.522. The summed E-state index contributed by atoms with van der Waals surface area (Å²) in [7, 11) is 1.63. The van der Waals surface area contributed by atoms with E-state index in [4.69, 9.17) is 10.5 Å². The summed E-state index contributed by atoms with van der Waals surface area (Å²) in [5.74, 6) is 0.216. The van der Waals surface area contributed by atoms with Gasteiger partial charge >= 0.3 is 0 Å². The van der Waals surface area contributed by atoms with E-state index in [-0.39, 0.29) is 0 Å². The van der Waals surface area contributed by atoms with Crippen LogP contribution < -0.4 is 10.5 Å². The predicted octanol–water partition coefficient (Wildman–Crippen LogP) is 3.48. The maximum Gasteiger partial charge on any atom is 0.267 e. The fourth-order valence-electron chi connectivity index (χ4n) is 3.13. The number of ether oxygens (including phenoxy) is 1. The smallest absolute Gasteiger partial charge is 0.267 e. The highest BCUT2D eigenvalue weighted by molar-refractivity contribution is 5.92. The summed E-state index contributed by atoms with van der Waals surface area (Å²) < 4.78 is 7.11. The van der Waals surface area contributed by atoms with Crippen LogP contribution in [0.15, 0.2) is 60.9 Å². The molecule has 134 valence electrons. The predicted molar refractivity (Wildman–Crippen MR) is 104 cm³/mol. The molecule has 0 fully saturated rings. The second kappa shape index (κ2) is 6.57. The van der Waals surface area contributed by atoms with Crippen molar-refractivity contribution >= 4 is 11.6 Å². The molecular formula is C21H18N4O2. The van der Waals surface area contributed by atoms with E-state index in [1.54, 1.807) is 11.5 Å². The summed E-state index contributed by atoms with van der Waals surface area (Å²) >= 11 is 0. The normalized spacial score (nSPS) is 10.9. The molecular weight excluding hydrogens is 340 g/mol. The molecule has 0 aliphatic carbocycles. The van der Waals surface area contributed by atoms with Crippen molar-refractivity contribution in [1.29, 1.82) is 0 Å². The molecule has 0 aliphatic rings. The number of nitrogens with two attached hydrogens (primary N) is 1. The third-order valence-corrected chi connectivity index (χ3v) is 4.46. The van der Waals surface area contributed by atoms with E-state index in [0.717, 1.165) is 33.8 Å². The third kappa shape index (κ3) is 3.01. The minimum absolute atomic E-state index is 0.338. The van der Waals surface area contributed by atoms with E-state index in [1.807, 2.05) is 61.7 Å². The molecule has 0 unspecified atom stereocenters. The van der Waals surface area contributed by atoms with Crippen molar-refractivity contribution in [2.45, 2.75) is 6.92 Å². The standard InChI is InChI=1S/C21H18N4O2/c1-13-4-3-5-18(24-13)16-8-7-15(27-2)10-17(16)14-6-9-20-23-11-19(21(22)26)25(20)12-14/h3-12H,1-2H3,(H2,22,26). The Morgan fingerprint density at radius 3 is 2.70 bits per heavy atom. The molecule has 0 saturated heterocycles. The molecule has 4 aromatic rings. The van der Waals surface area contributed by atoms with Crippen molar-refractivity contribution in [3.05, 3.63) is 72.3 Å². The number of fused-ring (bicyclic) bond motifs is 1. The topological polar surface area (TPSA) is 82.5 Å². The number of rotatable bonds is 4. The van der Waals surface area contributed by atoms with Gasteiger partial charge in [0.05, 0.1) is 19.0 Å². The molecule has 3 heterocycles. The zero-order valence-electron chi connectivity index (χ0n) is 15.0. The monoisotopic (exact) mass is 358 g/mol. The first-order chi connectivity index (χ1) is 13.1. The summed E-state index contributed by atoms with van der Waals surface area (Å²) in [5, 5.41) is 0. The lowest BCUT2D eigenvalue weighted by Crippen LogP contribution is -2.13. The molecule has 1 aromatic carbocycles.